The molecule has 0 atom stereocenters. The zero-order valence-electron chi connectivity index (χ0n) is 14.0. The molecule has 3 heterocycles. The molecule has 7 heteroatoms. The molecule has 0 aliphatic carbocycles. The number of carbonyl (C=O) groups excluding carboxylic acids is 1. The Morgan fingerprint density at radius 3 is 2.77 bits per heavy atom. The predicted octanol–water partition coefficient (Wildman–Crippen LogP) is 3.78. The minimum atomic E-state index is -0.0393. The Labute approximate surface area is 158 Å². The van der Waals surface area contributed by atoms with Crippen LogP contribution in [0.15, 0.2) is 40.9 Å². The van der Waals surface area contributed by atoms with E-state index in [0.29, 0.717) is 19.7 Å². The maximum Gasteiger partial charge on any atom is 0.321 e. The van der Waals surface area contributed by atoms with Gasteiger partial charge in [0.25, 0.3) is 0 Å². The second kappa shape index (κ2) is 6.02. The third-order valence-electron chi connectivity index (χ3n) is 4.85. The summed E-state index contributed by atoms with van der Waals surface area (Å²) in [6.07, 6.45) is 0.941. The van der Waals surface area contributed by atoms with Crippen molar-refractivity contribution in [3.8, 4) is 17.1 Å². The van der Waals surface area contributed by atoms with E-state index in [-0.39, 0.29) is 6.03 Å². The Balaban J connectivity index is 1.60. The molecule has 2 aromatic carbocycles. The van der Waals surface area contributed by atoms with E-state index in [2.05, 4.69) is 25.8 Å². The summed E-state index contributed by atoms with van der Waals surface area (Å²) in [4.78, 5) is 18.5. The molecular weight excluding hydrogens is 396 g/mol. The molecule has 26 heavy (non-hydrogen) atoms. The van der Waals surface area contributed by atoms with Gasteiger partial charge in [-0.1, -0.05) is 15.9 Å². The monoisotopic (exact) mass is 412 g/mol. The van der Waals surface area contributed by atoms with Gasteiger partial charge in [0.2, 0.25) is 0 Å². The number of hydrogen-bond donors (Lipinski definition) is 1. The number of anilines is 1. The van der Waals surface area contributed by atoms with Crippen LogP contribution < -0.4 is 15.0 Å². The number of amides is 2. The number of aryl methyl sites for hydroxylation is 1. The number of nitrogens with one attached hydrogen (secondary N) is 1. The van der Waals surface area contributed by atoms with Gasteiger partial charge in [-0.3, -0.25) is 4.90 Å². The van der Waals surface area contributed by atoms with Crippen molar-refractivity contribution in [2.75, 3.05) is 24.6 Å². The summed E-state index contributed by atoms with van der Waals surface area (Å²) >= 11 is 3.54. The van der Waals surface area contributed by atoms with Gasteiger partial charge in [0.1, 0.15) is 17.1 Å². The van der Waals surface area contributed by atoms with Crippen LogP contribution in [0.25, 0.3) is 22.4 Å². The average molecular weight is 413 g/mol. The number of imidazole rings is 1. The highest BCUT2D eigenvalue weighted by Gasteiger charge is 2.22. The molecule has 132 valence electrons. The van der Waals surface area contributed by atoms with E-state index in [1.54, 1.807) is 4.90 Å². The number of ether oxygens (including phenoxy) is 1. The summed E-state index contributed by atoms with van der Waals surface area (Å²) in [6, 6.07) is 12.0. The first-order valence-electron chi connectivity index (χ1n) is 8.69. The first kappa shape index (κ1) is 15.7. The van der Waals surface area contributed by atoms with Crippen molar-refractivity contribution >= 4 is 38.7 Å². The van der Waals surface area contributed by atoms with Crippen molar-refractivity contribution in [2.45, 2.75) is 13.0 Å². The molecule has 6 nitrogen and oxygen atoms in total. The summed E-state index contributed by atoms with van der Waals surface area (Å²) in [7, 11) is 0. The Bertz CT molecular complexity index is 1010. The normalized spacial score (nSPS) is 16.5. The lowest BCUT2D eigenvalue weighted by Gasteiger charge is -2.14. The molecule has 0 spiro atoms. The summed E-state index contributed by atoms with van der Waals surface area (Å²) in [6.45, 7) is 2.96. The van der Waals surface area contributed by atoms with E-state index >= 15 is 0 Å². The minimum Gasteiger partial charge on any atom is -0.491 e. The molecule has 2 amide bonds. The van der Waals surface area contributed by atoms with Gasteiger partial charge in [-0.2, -0.15) is 0 Å². The van der Waals surface area contributed by atoms with E-state index in [4.69, 9.17) is 9.72 Å². The molecule has 1 fully saturated rings. The van der Waals surface area contributed by atoms with Crippen LogP contribution in [0.4, 0.5) is 10.5 Å². The van der Waals surface area contributed by atoms with Crippen molar-refractivity contribution in [2.24, 2.45) is 0 Å². The number of nitrogens with zero attached hydrogens (tertiary/aromatic N) is 3. The van der Waals surface area contributed by atoms with Crippen molar-refractivity contribution in [3.63, 3.8) is 0 Å². The predicted molar refractivity (Wildman–Crippen MR) is 104 cm³/mol. The summed E-state index contributed by atoms with van der Waals surface area (Å²) in [5, 5.41) is 2.83. The van der Waals surface area contributed by atoms with Gasteiger partial charge in [-0.05, 0) is 42.8 Å². The highest BCUT2D eigenvalue weighted by atomic mass is 79.9. The molecule has 0 bridgehead atoms. The molecule has 1 aromatic heterocycles. The van der Waals surface area contributed by atoms with Gasteiger partial charge in [0.05, 0.1) is 12.1 Å². The molecule has 0 unspecified atom stereocenters. The second-order valence-electron chi connectivity index (χ2n) is 6.49. The van der Waals surface area contributed by atoms with E-state index in [0.717, 1.165) is 51.3 Å². The average Bonchev–Trinajstić information content (AvgIpc) is 3.15. The second-order valence-corrected chi connectivity index (χ2v) is 7.41. The third kappa shape index (κ3) is 2.46. The van der Waals surface area contributed by atoms with Gasteiger partial charge in [-0.15, -0.1) is 0 Å². The topological polar surface area (TPSA) is 59.4 Å². The van der Waals surface area contributed by atoms with E-state index in [1.165, 1.54) is 0 Å². The maximum absolute atomic E-state index is 11.8. The van der Waals surface area contributed by atoms with Crippen LogP contribution in [-0.2, 0) is 6.54 Å². The number of urea groups is 1. The Hall–Kier alpha value is -2.54. The fourth-order valence-electron chi connectivity index (χ4n) is 3.66. The van der Waals surface area contributed by atoms with Crippen molar-refractivity contribution in [1.29, 1.82) is 0 Å². The van der Waals surface area contributed by atoms with Gasteiger partial charge in [0.15, 0.2) is 0 Å². The molecule has 5 rings (SSSR count). The fourth-order valence-corrected chi connectivity index (χ4v) is 4.08. The lowest BCUT2D eigenvalue weighted by molar-refractivity contribution is 0.252. The van der Waals surface area contributed by atoms with Crippen molar-refractivity contribution in [3.05, 3.63) is 40.9 Å². The largest absolute Gasteiger partial charge is 0.491 e. The fraction of sp³-hybridized carbons (Fsp3) is 0.263. The first-order valence-corrected chi connectivity index (χ1v) is 9.48. The number of benzene rings is 2. The van der Waals surface area contributed by atoms with Gasteiger partial charge >= 0.3 is 6.03 Å². The van der Waals surface area contributed by atoms with Crippen LogP contribution in [0.2, 0.25) is 0 Å². The highest BCUT2D eigenvalue weighted by molar-refractivity contribution is 9.10. The van der Waals surface area contributed by atoms with Crippen molar-refractivity contribution in [1.82, 2.24) is 14.9 Å². The molecule has 1 N–H and O–H groups in total. The smallest absolute Gasteiger partial charge is 0.321 e. The standard InChI is InChI=1S/C19H17BrN4O2/c20-13-10-15-17-16(11-13)26-9-1-7-24(17)18(22-15)12-2-4-14(5-3-12)23-8-6-21-19(23)25/h2-5,10-11H,1,6-9H2,(H,21,25). The molecule has 1 saturated heterocycles. The van der Waals surface area contributed by atoms with Crippen LogP contribution in [0.1, 0.15) is 6.42 Å². The Morgan fingerprint density at radius 2 is 2.00 bits per heavy atom. The molecule has 0 saturated carbocycles. The van der Waals surface area contributed by atoms with Crippen LogP contribution >= 0.6 is 15.9 Å². The van der Waals surface area contributed by atoms with Gasteiger partial charge in [-0.25, -0.2) is 9.78 Å². The lowest BCUT2D eigenvalue weighted by Crippen LogP contribution is -2.27. The van der Waals surface area contributed by atoms with Crippen LogP contribution in [0.5, 0.6) is 5.75 Å². The van der Waals surface area contributed by atoms with Crippen LogP contribution in [0, 0.1) is 0 Å². The number of aromatic nitrogens is 2. The SMILES string of the molecule is O=C1NCCN1c1ccc(-c2nc3cc(Br)cc4c3n2CCCO4)cc1. The maximum atomic E-state index is 11.8. The molecular formula is C19H17BrN4O2. The summed E-state index contributed by atoms with van der Waals surface area (Å²) in [5.41, 5.74) is 3.91. The number of halogens is 1. The van der Waals surface area contributed by atoms with Gasteiger partial charge in [0, 0.05) is 35.4 Å². The minimum absolute atomic E-state index is 0.0393. The van der Waals surface area contributed by atoms with E-state index in [9.17, 15) is 4.79 Å². The zero-order valence-corrected chi connectivity index (χ0v) is 15.6. The van der Waals surface area contributed by atoms with E-state index < -0.39 is 0 Å². The van der Waals surface area contributed by atoms with Crippen LogP contribution in [0.3, 0.4) is 0 Å². The zero-order chi connectivity index (χ0) is 17.7. The summed E-state index contributed by atoms with van der Waals surface area (Å²) in [5.74, 6) is 1.80. The quantitative estimate of drug-likeness (QED) is 0.696. The van der Waals surface area contributed by atoms with Gasteiger partial charge < -0.3 is 14.6 Å². The molecule has 3 aromatic rings. The number of rotatable bonds is 2. The lowest BCUT2D eigenvalue weighted by atomic mass is 10.2. The van der Waals surface area contributed by atoms with Crippen LogP contribution in [-0.4, -0.2) is 35.3 Å². The Morgan fingerprint density at radius 1 is 1.15 bits per heavy atom. The molecule has 2 aliphatic rings. The van der Waals surface area contributed by atoms with E-state index in [1.807, 2.05) is 36.4 Å². The Kier molecular flexibility index (Phi) is 3.63. The number of carbonyl (C=O) groups is 1. The number of hydrogen-bond acceptors (Lipinski definition) is 3. The first-order chi connectivity index (χ1) is 12.7. The third-order valence-corrected chi connectivity index (χ3v) is 5.31. The summed E-state index contributed by atoms with van der Waals surface area (Å²) < 4.78 is 9.11. The van der Waals surface area contributed by atoms with Crippen molar-refractivity contribution < 1.29 is 9.53 Å². The molecule has 2 aliphatic heterocycles. The highest BCUT2D eigenvalue weighted by Crippen LogP contribution is 2.36. The molecule has 0 radical (unpaired) electrons.